The Labute approximate surface area is 319 Å². The van der Waals surface area contributed by atoms with Crippen LogP contribution in [-0.4, -0.2) is 105 Å². The Bertz CT molecular complexity index is 1490. The largest absolute Gasteiger partial charge is 0.460 e. The van der Waals surface area contributed by atoms with Gasteiger partial charge in [-0.3, -0.25) is 0 Å². The molecule has 0 atom stereocenters. The zero-order valence-electron chi connectivity index (χ0n) is 32.4. The van der Waals surface area contributed by atoms with Gasteiger partial charge in [0.1, 0.15) is 24.4 Å². The number of amides is 2. The number of urea groups is 1. The highest BCUT2D eigenvalue weighted by Gasteiger charge is 2.16. The number of ether oxygens (including phenoxy) is 6. The van der Waals surface area contributed by atoms with Crippen LogP contribution in [0.2, 0.25) is 0 Å². The molecule has 0 aromatic heterocycles. The summed E-state index contributed by atoms with van der Waals surface area (Å²) in [5.41, 5.74) is -1.39. The van der Waals surface area contributed by atoms with Gasteiger partial charge in [0.15, 0.2) is 0 Å². The molecule has 54 heavy (non-hydrogen) atoms. The van der Waals surface area contributed by atoms with Crippen LogP contribution in [-0.2, 0) is 28.4 Å². The van der Waals surface area contributed by atoms with Crippen molar-refractivity contribution in [1.82, 2.24) is 0 Å². The number of carbonyl (C=O) groups is 3. The Morgan fingerprint density at radius 1 is 0.574 bits per heavy atom. The highest BCUT2D eigenvalue weighted by Crippen LogP contribution is 2.21. The molecule has 13 nitrogen and oxygen atoms in total. The number of aliphatic hydroxyl groups is 2. The predicted octanol–water partition coefficient (Wildman–Crippen LogP) is 5.56. The van der Waals surface area contributed by atoms with E-state index in [0.717, 1.165) is 25.7 Å². The van der Waals surface area contributed by atoms with E-state index in [9.17, 15) is 24.6 Å². The average Bonchev–Trinajstić information content (AvgIpc) is 3.11. The first-order chi connectivity index (χ1) is 25.7. The summed E-state index contributed by atoms with van der Waals surface area (Å²) in [6, 6.07) is 8.15. The summed E-state index contributed by atoms with van der Waals surface area (Å²) >= 11 is 0. The SMILES string of the molecule is CCCCOCCOCCOC(=O)c1ccc(NC(=O)Nc2ccc(C(=O)OCCOCCOCCCC)cc2C#CC(C)(C)O)c(C#CC(C)(C)O)c1. The van der Waals surface area contributed by atoms with Crippen LogP contribution in [0.5, 0.6) is 0 Å². The maximum atomic E-state index is 13.3. The Hall–Kier alpha value is -4.47. The van der Waals surface area contributed by atoms with Gasteiger partial charge in [-0.25, -0.2) is 14.4 Å². The van der Waals surface area contributed by atoms with Crippen LogP contribution in [0, 0.1) is 23.7 Å². The second-order valence-electron chi connectivity index (χ2n) is 13.1. The van der Waals surface area contributed by atoms with E-state index < -0.39 is 29.2 Å². The molecule has 0 aliphatic heterocycles. The molecule has 0 saturated carbocycles. The Balaban J connectivity index is 2.12. The number of unbranched alkanes of at least 4 members (excludes halogenated alkanes) is 2. The summed E-state index contributed by atoms with van der Waals surface area (Å²) < 4.78 is 32.5. The van der Waals surface area contributed by atoms with Gasteiger partial charge in [-0.05, 0) is 76.9 Å². The zero-order chi connectivity index (χ0) is 39.8. The van der Waals surface area contributed by atoms with Gasteiger partial charge in [-0.1, -0.05) is 50.4 Å². The molecular formula is C41H56N2O11. The summed E-state index contributed by atoms with van der Waals surface area (Å²) in [7, 11) is 0. The number of hydrogen-bond acceptors (Lipinski definition) is 11. The maximum Gasteiger partial charge on any atom is 0.338 e. The van der Waals surface area contributed by atoms with Gasteiger partial charge in [0.2, 0.25) is 0 Å². The van der Waals surface area contributed by atoms with Crippen molar-refractivity contribution in [3.05, 3.63) is 58.7 Å². The smallest absolute Gasteiger partial charge is 0.338 e. The van der Waals surface area contributed by atoms with Crippen molar-refractivity contribution < 1.29 is 53.0 Å². The third-order valence-electron chi connectivity index (χ3n) is 6.96. The lowest BCUT2D eigenvalue weighted by molar-refractivity contribution is 0.0140. The highest BCUT2D eigenvalue weighted by atomic mass is 16.6. The van der Waals surface area contributed by atoms with Gasteiger partial charge in [-0.15, -0.1) is 0 Å². The Morgan fingerprint density at radius 3 is 1.28 bits per heavy atom. The van der Waals surface area contributed by atoms with Gasteiger partial charge >= 0.3 is 18.0 Å². The number of carbonyl (C=O) groups excluding carboxylic acids is 3. The molecular weight excluding hydrogens is 696 g/mol. The van der Waals surface area contributed by atoms with Crippen LogP contribution in [0.3, 0.4) is 0 Å². The average molecular weight is 753 g/mol. The fourth-order valence-corrected chi connectivity index (χ4v) is 4.17. The molecule has 0 aliphatic rings. The molecule has 0 unspecified atom stereocenters. The second-order valence-corrected chi connectivity index (χ2v) is 13.1. The third-order valence-corrected chi connectivity index (χ3v) is 6.96. The van der Waals surface area contributed by atoms with E-state index in [1.165, 1.54) is 64.1 Å². The van der Waals surface area contributed by atoms with Crippen molar-refractivity contribution >= 4 is 29.3 Å². The number of anilines is 2. The van der Waals surface area contributed by atoms with Crippen molar-refractivity contribution in [3.63, 3.8) is 0 Å². The molecule has 4 N–H and O–H groups in total. The van der Waals surface area contributed by atoms with E-state index in [2.05, 4.69) is 48.2 Å². The third kappa shape index (κ3) is 20.1. The van der Waals surface area contributed by atoms with Gasteiger partial charge in [0.25, 0.3) is 0 Å². The van der Waals surface area contributed by atoms with Crippen LogP contribution in [0.25, 0.3) is 0 Å². The Morgan fingerprint density at radius 2 is 0.926 bits per heavy atom. The quantitative estimate of drug-likeness (QED) is 0.0675. The first kappa shape index (κ1) is 45.7. The van der Waals surface area contributed by atoms with Gasteiger partial charge in [0.05, 0.1) is 62.1 Å². The topological polar surface area (TPSA) is 171 Å². The first-order valence-electron chi connectivity index (χ1n) is 18.2. The Kier molecular flexibility index (Phi) is 21.0. The summed E-state index contributed by atoms with van der Waals surface area (Å²) in [5, 5.41) is 25.9. The van der Waals surface area contributed by atoms with E-state index in [-0.39, 0.29) is 60.1 Å². The van der Waals surface area contributed by atoms with Crippen LogP contribution >= 0.6 is 0 Å². The number of benzene rings is 2. The van der Waals surface area contributed by atoms with E-state index in [4.69, 9.17) is 28.4 Å². The van der Waals surface area contributed by atoms with Crippen molar-refractivity contribution in [3.8, 4) is 23.7 Å². The lowest BCUT2D eigenvalue weighted by Gasteiger charge is -2.14. The standard InChI is InChI=1S/C41H56N2O11/c1-7-9-19-49-21-23-51-25-27-53-37(44)33-11-13-35(31(29-33)15-17-40(3,4)47)42-39(46)43-36-14-12-34(30-32(36)16-18-41(5,6)48)38(45)54-28-26-52-24-22-50-20-10-8-2/h11-14,29-30,47-48H,7-10,19-28H2,1-6H3,(H2,42,43,46). The van der Waals surface area contributed by atoms with Crippen LogP contribution < -0.4 is 10.6 Å². The number of rotatable bonds is 22. The lowest BCUT2D eigenvalue weighted by Crippen LogP contribution is -2.21. The molecule has 2 aromatic carbocycles. The van der Waals surface area contributed by atoms with Gasteiger partial charge < -0.3 is 49.3 Å². The number of hydrogen-bond donors (Lipinski definition) is 4. The van der Waals surface area contributed by atoms with E-state index in [1.54, 1.807) is 0 Å². The molecule has 2 aromatic rings. The second kappa shape index (κ2) is 24.8. The fraction of sp³-hybridized carbons (Fsp3) is 0.537. The summed E-state index contributed by atoms with van der Waals surface area (Å²) in [6.45, 7) is 13.7. The predicted molar refractivity (Wildman–Crippen MR) is 206 cm³/mol. The highest BCUT2D eigenvalue weighted by molar-refractivity contribution is 6.02. The molecule has 2 amide bonds. The zero-order valence-corrected chi connectivity index (χ0v) is 32.4. The summed E-state index contributed by atoms with van der Waals surface area (Å²) in [4.78, 5) is 38.9. The maximum absolute atomic E-state index is 13.3. The van der Waals surface area contributed by atoms with Crippen molar-refractivity contribution in [2.75, 3.05) is 76.7 Å². The van der Waals surface area contributed by atoms with Gasteiger partial charge in [0, 0.05) is 24.3 Å². The minimum atomic E-state index is -1.36. The monoisotopic (exact) mass is 752 g/mol. The van der Waals surface area contributed by atoms with E-state index in [1.807, 2.05) is 0 Å². The minimum absolute atomic E-state index is 0.0274. The first-order valence-corrected chi connectivity index (χ1v) is 18.2. The molecule has 2 rings (SSSR count). The summed E-state index contributed by atoms with van der Waals surface area (Å²) in [5.74, 6) is 9.80. The normalized spacial score (nSPS) is 11.1. The van der Waals surface area contributed by atoms with Crippen LogP contribution in [0.1, 0.15) is 99.1 Å². The van der Waals surface area contributed by atoms with Crippen LogP contribution in [0.15, 0.2) is 36.4 Å². The molecule has 0 radical (unpaired) electrons. The van der Waals surface area contributed by atoms with Crippen molar-refractivity contribution in [2.24, 2.45) is 0 Å². The molecule has 0 bridgehead atoms. The molecule has 296 valence electrons. The molecule has 13 heteroatoms. The number of esters is 2. The van der Waals surface area contributed by atoms with E-state index >= 15 is 0 Å². The molecule has 0 spiro atoms. The molecule has 0 aliphatic carbocycles. The summed E-state index contributed by atoms with van der Waals surface area (Å²) in [6.07, 6.45) is 4.08. The van der Waals surface area contributed by atoms with Crippen molar-refractivity contribution in [1.29, 1.82) is 0 Å². The number of nitrogens with one attached hydrogen (secondary N) is 2. The molecule has 0 saturated heterocycles. The fourth-order valence-electron chi connectivity index (χ4n) is 4.17. The minimum Gasteiger partial charge on any atom is -0.460 e. The van der Waals surface area contributed by atoms with E-state index in [0.29, 0.717) is 39.6 Å². The van der Waals surface area contributed by atoms with Gasteiger partial charge in [-0.2, -0.15) is 0 Å². The van der Waals surface area contributed by atoms with Crippen molar-refractivity contribution in [2.45, 2.75) is 78.4 Å². The molecule has 0 fully saturated rings. The van der Waals surface area contributed by atoms with Crippen LogP contribution in [0.4, 0.5) is 16.2 Å². The molecule has 0 heterocycles. The lowest BCUT2D eigenvalue weighted by atomic mass is 10.1.